The molecule has 0 N–H and O–H groups in total. The first-order valence-corrected chi connectivity index (χ1v) is 7.29. The van der Waals surface area contributed by atoms with Gasteiger partial charge in [-0.3, -0.25) is 4.90 Å². The van der Waals surface area contributed by atoms with Crippen molar-refractivity contribution in [3.05, 3.63) is 29.8 Å². The molecule has 0 bridgehead atoms. The van der Waals surface area contributed by atoms with Gasteiger partial charge in [0.25, 0.3) is 0 Å². The Balaban J connectivity index is 1.55. The molecule has 0 aromatic heterocycles. The minimum absolute atomic E-state index is 0.596. The smallest absolute Gasteiger partial charge is 0.0865 e. The second kappa shape index (κ2) is 5.63. The van der Waals surface area contributed by atoms with Crippen molar-refractivity contribution in [2.75, 3.05) is 37.6 Å². The van der Waals surface area contributed by atoms with E-state index in [1.165, 1.54) is 43.6 Å². The Morgan fingerprint density at radius 2 is 1.95 bits per heavy atom. The van der Waals surface area contributed by atoms with Gasteiger partial charge in [-0.05, 0) is 49.9 Å². The summed E-state index contributed by atoms with van der Waals surface area (Å²) in [7, 11) is 0. The zero-order valence-corrected chi connectivity index (χ0v) is 11.4. The first-order valence-electron chi connectivity index (χ1n) is 7.29. The van der Waals surface area contributed by atoms with Crippen LogP contribution in [-0.4, -0.2) is 37.6 Å². The van der Waals surface area contributed by atoms with Crippen molar-refractivity contribution in [3.63, 3.8) is 0 Å². The summed E-state index contributed by atoms with van der Waals surface area (Å²) >= 11 is 0. The third-order valence-corrected chi connectivity index (χ3v) is 4.46. The minimum atomic E-state index is 0.596. The Hall–Kier alpha value is -1.53. The molecule has 3 heteroatoms. The molecule has 0 atom stereocenters. The van der Waals surface area contributed by atoms with Gasteiger partial charge in [0.15, 0.2) is 0 Å². The lowest BCUT2D eigenvalue weighted by Crippen LogP contribution is -2.38. The van der Waals surface area contributed by atoms with Gasteiger partial charge in [0, 0.05) is 18.8 Å². The molecule has 19 heavy (non-hydrogen) atoms. The summed E-state index contributed by atoms with van der Waals surface area (Å²) in [6, 6.07) is 11.1. The van der Waals surface area contributed by atoms with Gasteiger partial charge in [-0.1, -0.05) is 18.2 Å². The van der Waals surface area contributed by atoms with Crippen LogP contribution in [0.15, 0.2) is 24.3 Å². The standard InChI is InChI=1S/C16H21N3/c17-8-12-18-9-5-14(6-10-18)13-19-11-7-15-3-1-2-4-16(15)19/h1-4,14H,5-7,9-13H2. The normalized spacial score (nSPS) is 20.3. The fraction of sp³-hybridized carbons (Fsp3) is 0.562. The van der Waals surface area contributed by atoms with E-state index in [0.29, 0.717) is 6.54 Å². The quantitative estimate of drug-likeness (QED) is 0.776. The molecule has 3 nitrogen and oxygen atoms in total. The van der Waals surface area contributed by atoms with Crippen LogP contribution in [0.2, 0.25) is 0 Å². The Labute approximate surface area is 115 Å². The number of nitrogens with zero attached hydrogens (tertiary/aromatic N) is 3. The predicted molar refractivity (Wildman–Crippen MR) is 77.1 cm³/mol. The van der Waals surface area contributed by atoms with E-state index < -0.39 is 0 Å². The summed E-state index contributed by atoms with van der Waals surface area (Å²) in [5.74, 6) is 0.793. The molecule has 0 unspecified atom stereocenters. The molecule has 1 aromatic rings. The average molecular weight is 255 g/mol. The summed E-state index contributed by atoms with van der Waals surface area (Å²) in [5.41, 5.74) is 2.95. The number of benzene rings is 1. The fourth-order valence-corrected chi connectivity index (χ4v) is 3.34. The van der Waals surface area contributed by atoms with E-state index in [2.05, 4.69) is 40.1 Å². The molecule has 3 rings (SSSR count). The van der Waals surface area contributed by atoms with E-state index in [9.17, 15) is 0 Å². The van der Waals surface area contributed by atoms with Crippen molar-refractivity contribution in [3.8, 4) is 6.07 Å². The lowest BCUT2D eigenvalue weighted by Gasteiger charge is -2.33. The highest BCUT2D eigenvalue weighted by molar-refractivity contribution is 5.57. The highest BCUT2D eigenvalue weighted by Gasteiger charge is 2.24. The molecule has 2 aliphatic heterocycles. The summed E-state index contributed by atoms with van der Waals surface area (Å²) in [6.45, 7) is 5.15. The van der Waals surface area contributed by atoms with Crippen molar-refractivity contribution in [1.29, 1.82) is 5.26 Å². The lowest BCUT2D eigenvalue weighted by atomic mass is 9.96. The SMILES string of the molecule is N#CCN1CCC(CN2CCc3ccccc32)CC1. The molecule has 1 saturated heterocycles. The molecule has 1 aromatic carbocycles. The number of anilines is 1. The largest absolute Gasteiger partial charge is 0.371 e. The molecule has 0 aliphatic carbocycles. The molecular weight excluding hydrogens is 234 g/mol. The summed E-state index contributed by atoms with van der Waals surface area (Å²) < 4.78 is 0. The predicted octanol–water partition coefficient (Wildman–Crippen LogP) is 2.28. The van der Waals surface area contributed by atoms with Crippen LogP contribution in [0.5, 0.6) is 0 Å². The maximum Gasteiger partial charge on any atom is 0.0865 e. The third-order valence-electron chi connectivity index (χ3n) is 4.46. The lowest BCUT2D eigenvalue weighted by molar-refractivity contribution is 0.205. The number of fused-ring (bicyclic) bond motifs is 1. The van der Waals surface area contributed by atoms with Crippen molar-refractivity contribution in [2.45, 2.75) is 19.3 Å². The van der Waals surface area contributed by atoms with Crippen LogP contribution in [-0.2, 0) is 6.42 Å². The van der Waals surface area contributed by atoms with Gasteiger partial charge in [0.05, 0.1) is 12.6 Å². The van der Waals surface area contributed by atoms with Gasteiger partial charge in [-0.15, -0.1) is 0 Å². The number of hydrogen-bond donors (Lipinski definition) is 0. The maximum absolute atomic E-state index is 8.72. The Bertz CT molecular complexity index is 469. The molecule has 0 saturated carbocycles. The number of hydrogen-bond acceptors (Lipinski definition) is 3. The molecule has 2 heterocycles. The van der Waals surface area contributed by atoms with E-state index in [-0.39, 0.29) is 0 Å². The van der Waals surface area contributed by atoms with Gasteiger partial charge < -0.3 is 4.90 Å². The first-order chi connectivity index (χ1) is 9.36. The van der Waals surface area contributed by atoms with Crippen LogP contribution < -0.4 is 4.90 Å². The molecule has 2 aliphatic rings. The Kier molecular flexibility index (Phi) is 3.70. The van der Waals surface area contributed by atoms with Gasteiger partial charge in [0.1, 0.15) is 0 Å². The van der Waals surface area contributed by atoms with Crippen LogP contribution in [0.3, 0.4) is 0 Å². The monoisotopic (exact) mass is 255 g/mol. The maximum atomic E-state index is 8.72. The Morgan fingerprint density at radius 3 is 2.74 bits per heavy atom. The second-order valence-corrected chi connectivity index (χ2v) is 5.70. The molecule has 100 valence electrons. The van der Waals surface area contributed by atoms with Crippen LogP contribution in [0.25, 0.3) is 0 Å². The zero-order chi connectivity index (χ0) is 13.1. The number of nitriles is 1. The number of piperidine rings is 1. The van der Waals surface area contributed by atoms with Crippen molar-refractivity contribution >= 4 is 5.69 Å². The van der Waals surface area contributed by atoms with Crippen LogP contribution in [0, 0.1) is 17.2 Å². The fourth-order valence-electron chi connectivity index (χ4n) is 3.34. The van der Waals surface area contributed by atoms with Crippen molar-refractivity contribution in [2.24, 2.45) is 5.92 Å². The number of para-hydroxylation sites is 1. The van der Waals surface area contributed by atoms with E-state index in [1.54, 1.807) is 0 Å². The summed E-state index contributed by atoms with van der Waals surface area (Å²) in [5, 5.41) is 8.72. The van der Waals surface area contributed by atoms with Crippen LogP contribution in [0.4, 0.5) is 5.69 Å². The van der Waals surface area contributed by atoms with E-state index in [1.807, 2.05) is 0 Å². The Morgan fingerprint density at radius 1 is 1.16 bits per heavy atom. The highest BCUT2D eigenvalue weighted by atomic mass is 15.2. The van der Waals surface area contributed by atoms with Crippen LogP contribution in [0.1, 0.15) is 18.4 Å². The number of likely N-dealkylation sites (tertiary alicyclic amines) is 1. The van der Waals surface area contributed by atoms with Gasteiger partial charge >= 0.3 is 0 Å². The first kappa shape index (κ1) is 12.5. The topological polar surface area (TPSA) is 30.3 Å². The van der Waals surface area contributed by atoms with Crippen molar-refractivity contribution in [1.82, 2.24) is 4.90 Å². The summed E-state index contributed by atoms with van der Waals surface area (Å²) in [6.07, 6.45) is 3.67. The molecule has 0 spiro atoms. The molecule has 0 amide bonds. The molecule has 1 fully saturated rings. The van der Waals surface area contributed by atoms with Gasteiger partial charge in [-0.25, -0.2) is 0 Å². The van der Waals surface area contributed by atoms with Gasteiger partial charge in [0.2, 0.25) is 0 Å². The third kappa shape index (κ3) is 2.74. The second-order valence-electron chi connectivity index (χ2n) is 5.70. The zero-order valence-electron chi connectivity index (χ0n) is 11.4. The number of rotatable bonds is 3. The average Bonchev–Trinajstić information content (AvgIpc) is 2.85. The molecular formula is C16H21N3. The van der Waals surface area contributed by atoms with Gasteiger partial charge in [-0.2, -0.15) is 5.26 Å². The summed E-state index contributed by atoms with van der Waals surface area (Å²) in [4.78, 5) is 4.83. The minimum Gasteiger partial charge on any atom is -0.371 e. The van der Waals surface area contributed by atoms with E-state index in [4.69, 9.17) is 5.26 Å². The van der Waals surface area contributed by atoms with E-state index in [0.717, 1.165) is 19.0 Å². The molecule has 0 radical (unpaired) electrons. The highest BCUT2D eigenvalue weighted by Crippen LogP contribution is 2.29. The van der Waals surface area contributed by atoms with Crippen LogP contribution >= 0.6 is 0 Å². The van der Waals surface area contributed by atoms with Crippen molar-refractivity contribution < 1.29 is 0 Å². The van der Waals surface area contributed by atoms with E-state index >= 15 is 0 Å².